The molecule has 0 unspecified atom stereocenters. The Morgan fingerprint density at radius 1 is 1.22 bits per heavy atom. The molecule has 0 amide bonds. The summed E-state index contributed by atoms with van der Waals surface area (Å²) in [5.74, 6) is 0.0498. The molecule has 0 radical (unpaired) electrons. The van der Waals surface area contributed by atoms with Crippen molar-refractivity contribution < 1.29 is 4.79 Å². The molecule has 0 bridgehead atoms. The Bertz CT molecular complexity index is 441. The average molecular weight is 286 g/mol. The highest BCUT2D eigenvalue weighted by atomic mass is 35.5. The standard InChI is InChI=1S/C14H17Cl2NO/c1-14(2,3)9-17-8-13(18)6-10-4-11(15)7-12(16)5-10/h4-5,7,9H,6,8H2,1-3H3. The molecule has 0 saturated carbocycles. The van der Waals surface area contributed by atoms with Gasteiger partial charge < -0.3 is 0 Å². The van der Waals surface area contributed by atoms with Crippen LogP contribution in [0.4, 0.5) is 0 Å². The lowest BCUT2D eigenvalue weighted by Gasteiger charge is -2.09. The highest BCUT2D eigenvalue weighted by Gasteiger charge is 2.07. The topological polar surface area (TPSA) is 29.4 Å². The summed E-state index contributed by atoms with van der Waals surface area (Å²) >= 11 is 11.7. The number of ketones is 1. The number of carbonyl (C=O) groups is 1. The van der Waals surface area contributed by atoms with Crippen LogP contribution in [-0.2, 0) is 11.2 Å². The molecule has 0 atom stereocenters. The summed E-state index contributed by atoms with van der Waals surface area (Å²) in [6, 6.07) is 5.15. The van der Waals surface area contributed by atoms with Gasteiger partial charge in [0.05, 0.1) is 6.54 Å². The Morgan fingerprint density at radius 3 is 2.28 bits per heavy atom. The normalized spacial score (nSPS) is 12.1. The highest BCUT2D eigenvalue weighted by molar-refractivity contribution is 6.34. The molecule has 2 nitrogen and oxygen atoms in total. The zero-order valence-electron chi connectivity index (χ0n) is 10.8. The van der Waals surface area contributed by atoms with Gasteiger partial charge in [-0.15, -0.1) is 0 Å². The van der Waals surface area contributed by atoms with Crippen LogP contribution in [0.25, 0.3) is 0 Å². The van der Waals surface area contributed by atoms with E-state index in [-0.39, 0.29) is 17.7 Å². The molecule has 1 rings (SSSR count). The first-order valence-electron chi connectivity index (χ1n) is 5.74. The molecule has 0 aliphatic heterocycles. The molecule has 0 N–H and O–H groups in total. The number of benzene rings is 1. The maximum absolute atomic E-state index is 11.7. The fraction of sp³-hybridized carbons (Fsp3) is 0.429. The van der Waals surface area contributed by atoms with Crippen molar-refractivity contribution in [2.24, 2.45) is 10.4 Å². The Kier molecular flexibility index (Phi) is 5.36. The molecular formula is C14H17Cl2NO. The second-order valence-corrected chi connectivity index (χ2v) is 6.20. The molecule has 1 aromatic rings. The summed E-state index contributed by atoms with van der Waals surface area (Å²) in [5, 5.41) is 1.09. The van der Waals surface area contributed by atoms with Crippen LogP contribution < -0.4 is 0 Å². The first kappa shape index (κ1) is 15.2. The van der Waals surface area contributed by atoms with Crippen molar-refractivity contribution in [2.75, 3.05) is 6.54 Å². The Labute approximate surface area is 118 Å². The van der Waals surface area contributed by atoms with Crippen molar-refractivity contribution in [1.82, 2.24) is 0 Å². The third-order valence-electron chi connectivity index (χ3n) is 2.07. The van der Waals surface area contributed by atoms with Gasteiger partial charge in [0.15, 0.2) is 5.78 Å². The third kappa shape index (κ3) is 6.18. The number of hydrogen-bond donors (Lipinski definition) is 0. The van der Waals surface area contributed by atoms with E-state index in [4.69, 9.17) is 23.2 Å². The van der Waals surface area contributed by atoms with E-state index < -0.39 is 0 Å². The molecule has 0 aliphatic carbocycles. The van der Waals surface area contributed by atoms with Gasteiger partial charge in [-0.2, -0.15) is 0 Å². The van der Waals surface area contributed by atoms with Crippen molar-refractivity contribution in [3.05, 3.63) is 33.8 Å². The van der Waals surface area contributed by atoms with Crippen LogP contribution in [0.5, 0.6) is 0 Å². The van der Waals surface area contributed by atoms with Gasteiger partial charge >= 0.3 is 0 Å². The summed E-state index contributed by atoms with van der Waals surface area (Å²) in [7, 11) is 0. The van der Waals surface area contributed by atoms with Crippen molar-refractivity contribution in [2.45, 2.75) is 27.2 Å². The molecule has 0 spiro atoms. The van der Waals surface area contributed by atoms with Gasteiger partial charge in [0.2, 0.25) is 0 Å². The maximum atomic E-state index is 11.7. The highest BCUT2D eigenvalue weighted by Crippen LogP contribution is 2.19. The van der Waals surface area contributed by atoms with Crippen LogP contribution in [0.15, 0.2) is 23.2 Å². The van der Waals surface area contributed by atoms with Crippen LogP contribution in [0, 0.1) is 5.41 Å². The minimum absolute atomic E-state index is 0.000354. The monoisotopic (exact) mass is 285 g/mol. The van der Waals surface area contributed by atoms with Gasteiger partial charge in [0.25, 0.3) is 0 Å². The van der Waals surface area contributed by atoms with E-state index >= 15 is 0 Å². The van der Waals surface area contributed by atoms with E-state index in [1.807, 2.05) is 20.8 Å². The maximum Gasteiger partial charge on any atom is 0.158 e. The zero-order chi connectivity index (χ0) is 13.8. The van der Waals surface area contributed by atoms with Crippen molar-refractivity contribution in [3.63, 3.8) is 0 Å². The van der Waals surface area contributed by atoms with Crippen molar-refractivity contribution >= 4 is 35.2 Å². The Morgan fingerprint density at radius 2 is 1.78 bits per heavy atom. The lowest BCUT2D eigenvalue weighted by atomic mass is 9.99. The number of aliphatic imine (C=N–C) groups is 1. The van der Waals surface area contributed by atoms with Crippen LogP contribution in [0.3, 0.4) is 0 Å². The third-order valence-corrected chi connectivity index (χ3v) is 2.51. The first-order chi connectivity index (χ1) is 8.26. The average Bonchev–Trinajstić information content (AvgIpc) is 2.12. The van der Waals surface area contributed by atoms with Gasteiger partial charge in [-0.1, -0.05) is 44.0 Å². The fourth-order valence-electron chi connectivity index (χ4n) is 1.42. The smallest absolute Gasteiger partial charge is 0.158 e. The number of carbonyl (C=O) groups excluding carboxylic acids is 1. The molecule has 0 aromatic heterocycles. The van der Waals surface area contributed by atoms with Crippen LogP contribution >= 0.6 is 23.2 Å². The Hall–Kier alpha value is -0.860. The summed E-state index contributed by atoms with van der Waals surface area (Å²) in [6.45, 7) is 6.31. The summed E-state index contributed by atoms with van der Waals surface area (Å²) < 4.78 is 0. The predicted octanol–water partition coefficient (Wildman–Crippen LogP) is 4.22. The number of rotatable bonds is 4. The SMILES string of the molecule is CC(C)(C)C=NCC(=O)Cc1cc(Cl)cc(Cl)c1. The van der Waals surface area contributed by atoms with E-state index in [2.05, 4.69) is 4.99 Å². The molecule has 0 aliphatic rings. The molecule has 18 heavy (non-hydrogen) atoms. The molecule has 0 saturated heterocycles. The van der Waals surface area contributed by atoms with Crippen LogP contribution in [-0.4, -0.2) is 18.5 Å². The van der Waals surface area contributed by atoms with Gasteiger partial charge in [-0.3, -0.25) is 9.79 Å². The number of Topliss-reactive ketones (excluding diaryl/α,β-unsaturated/α-hetero) is 1. The molecular weight excluding hydrogens is 269 g/mol. The van der Waals surface area contributed by atoms with E-state index in [0.29, 0.717) is 16.5 Å². The number of nitrogens with zero attached hydrogens (tertiary/aromatic N) is 1. The summed E-state index contributed by atoms with van der Waals surface area (Å²) in [6.07, 6.45) is 2.11. The van der Waals surface area contributed by atoms with Crippen LogP contribution in [0.1, 0.15) is 26.3 Å². The summed E-state index contributed by atoms with van der Waals surface area (Å²) in [5.41, 5.74) is 0.822. The van der Waals surface area contributed by atoms with Crippen molar-refractivity contribution in [1.29, 1.82) is 0 Å². The minimum Gasteiger partial charge on any atom is -0.297 e. The largest absolute Gasteiger partial charge is 0.297 e. The lowest BCUT2D eigenvalue weighted by molar-refractivity contribution is -0.117. The molecule has 0 heterocycles. The minimum atomic E-state index is -0.000354. The molecule has 4 heteroatoms. The second-order valence-electron chi connectivity index (χ2n) is 5.33. The van der Waals surface area contributed by atoms with Gasteiger partial charge in [0.1, 0.15) is 0 Å². The zero-order valence-corrected chi connectivity index (χ0v) is 12.3. The van der Waals surface area contributed by atoms with E-state index in [0.717, 1.165) is 5.56 Å². The van der Waals surface area contributed by atoms with Gasteiger partial charge in [-0.05, 0) is 29.2 Å². The van der Waals surface area contributed by atoms with E-state index in [9.17, 15) is 4.79 Å². The van der Waals surface area contributed by atoms with Crippen LogP contribution in [0.2, 0.25) is 10.0 Å². The molecule has 0 fully saturated rings. The fourth-order valence-corrected chi connectivity index (χ4v) is 1.99. The van der Waals surface area contributed by atoms with E-state index in [1.165, 1.54) is 0 Å². The summed E-state index contributed by atoms with van der Waals surface area (Å²) in [4.78, 5) is 15.9. The Balaban J connectivity index is 2.57. The van der Waals surface area contributed by atoms with Crippen molar-refractivity contribution in [3.8, 4) is 0 Å². The second kappa shape index (κ2) is 6.35. The quantitative estimate of drug-likeness (QED) is 0.762. The number of hydrogen-bond acceptors (Lipinski definition) is 2. The first-order valence-corrected chi connectivity index (χ1v) is 6.49. The molecule has 1 aromatic carbocycles. The lowest BCUT2D eigenvalue weighted by Crippen LogP contribution is -2.11. The van der Waals surface area contributed by atoms with Gasteiger partial charge in [0, 0.05) is 22.7 Å². The predicted molar refractivity (Wildman–Crippen MR) is 78.0 cm³/mol. The molecule has 98 valence electrons. The van der Waals surface area contributed by atoms with Gasteiger partial charge in [-0.25, -0.2) is 0 Å². The number of halogens is 2. The van der Waals surface area contributed by atoms with E-state index in [1.54, 1.807) is 24.4 Å².